The molecule has 0 amide bonds. The predicted octanol–water partition coefficient (Wildman–Crippen LogP) is 3.29. The lowest BCUT2D eigenvalue weighted by atomic mass is 10.1. The van der Waals surface area contributed by atoms with Gasteiger partial charge in [-0.15, -0.1) is 0 Å². The predicted molar refractivity (Wildman–Crippen MR) is 81.6 cm³/mol. The van der Waals surface area contributed by atoms with Crippen LogP contribution in [0.15, 0.2) is 48.8 Å². The van der Waals surface area contributed by atoms with Crippen LogP contribution in [-0.4, -0.2) is 28.6 Å². The van der Waals surface area contributed by atoms with E-state index in [0.717, 1.165) is 18.7 Å². The summed E-state index contributed by atoms with van der Waals surface area (Å²) in [5.74, 6) is 0. The molecule has 0 spiro atoms. The minimum Gasteiger partial charge on any atom is -0.388 e. The first-order valence-corrected chi connectivity index (χ1v) is 7.04. The summed E-state index contributed by atoms with van der Waals surface area (Å²) >= 11 is 6.08. The lowest BCUT2D eigenvalue weighted by molar-refractivity contribution is 0.147. The number of hydrogen-bond donors (Lipinski definition) is 1. The van der Waals surface area contributed by atoms with Crippen molar-refractivity contribution in [3.8, 4) is 0 Å². The fourth-order valence-electron chi connectivity index (χ4n) is 2.13. The molecular formula is C16H19ClN2O. The Morgan fingerprint density at radius 3 is 2.75 bits per heavy atom. The Kier molecular flexibility index (Phi) is 5.53. The standard InChI is InChI=1S/C16H19ClN2O/c1-19(12-13-5-4-9-18-11-13)10-8-16(20)14-6-2-3-7-15(14)17/h2-7,9,11,16,20H,8,10,12H2,1H3. The maximum Gasteiger partial charge on any atom is 0.0816 e. The Bertz CT molecular complexity index is 533. The van der Waals surface area contributed by atoms with Crippen LogP contribution in [0.1, 0.15) is 23.7 Å². The molecule has 20 heavy (non-hydrogen) atoms. The van der Waals surface area contributed by atoms with E-state index in [0.29, 0.717) is 11.4 Å². The third-order valence-corrected chi connectivity index (χ3v) is 3.57. The SMILES string of the molecule is CN(CCC(O)c1ccccc1Cl)Cc1cccnc1. The van der Waals surface area contributed by atoms with Crippen LogP contribution in [0.2, 0.25) is 5.02 Å². The minimum absolute atomic E-state index is 0.528. The van der Waals surface area contributed by atoms with Crippen LogP contribution in [-0.2, 0) is 6.54 Å². The van der Waals surface area contributed by atoms with Crippen LogP contribution < -0.4 is 0 Å². The summed E-state index contributed by atoms with van der Waals surface area (Å²) in [5.41, 5.74) is 1.96. The fourth-order valence-corrected chi connectivity index (χ4v) is 2.39. The number of rotatable bonds is 6. The molecule has 1 N–H and O–H groups in total. The monoisotopic (exact) mass is 290 g/mol. The molecule has 106 valence electrons. The van der Waals surface area contributed by atoms with Crippen LogP contribution >= 0.6 is 11.6 Å². The highest BCUT2D eigenvalue weighted by Gasteiger charge is 2.12. The van der Waals surface area contributed by atoms with Gasteiger partial charge < -0.3 is 10.0 Å². The van der Waals surface area contributed by atoms with Crippen molar-refractivity contribution in [3.63, 3.8) is 0 Å². The van der Waals surface area contributed by atoms with Crippen molar-refractivity contribution in [3.05, 3.63) is 64.9 Å². The number of halogens is 1. The summed E-state index contributed by atoms with van der Waals surface area (Å²) in [6.45, 7) is 1.62. The minimum atomic E-state index is -0.528. The van der Waals surface area contributed by atoms with Crippen LogP contribution in [0, 0.1) is 0 Å². The number of benzene rings is 1. The molecule has 1 atom stereocenters. The van der Waals surface area contributed by atoms with Gasteiger partial charge in [-0.05, 0) is 36.7 Å². The summed E-state index contributed by atoms with van der Waals surface area (Å²) in [7, 11) is 2.03. The molecule has 0 aliphatic rings. The molecule has 0 bridgehead atoms. The zero-order valence-electron chi connectivity index (χ0n) is 11.5. The lowest BCUT2D eigenvalue weighted by Gasteiger charge is -2.19. The van der Waals surface area contributed by atoms with Gasteiger partial charge in [-0.1, -0.05) is 35.9 Å². The molecule has 1 aromatic carbocycles. The van der Waals surface area contributed by atoms with Crippen LogP contribution in [0.5, 0.6) is 0 Å². The number of hydrogen-bond acceptors (Lipinski definition) is 3. The summed E-state index contributed by atoms with van der Waals surface area (Å²) in [6, 6.07) is 11.4. The molecule has 1 unspecified atom stereocenters. The third-order valence-electron chi connectivity index (χ3n) is 3.22. The lowest BCUT2D eigenvalue weighted by Crippen LogP contribution is -2.21. The zero-order chi connectivity index (χ0) is 14.4. The number of aliphatic hydroxyl groups is 1. The topological polar surface area (TPSA) is 36.4 Å². The summed E-state index contributed by atoms with van der Waals surface area (Å²) in [6.07, 6.45) is 3.76. The average Bonchev–Trinajstić information content (AvgIpc) is 2.46. The summed E-state index contributed by atoms with van der Waals surface area (Å²) < 4.78 is 0. The molecule has 2 aromatic rings. The molecular weight excluding hydrogens is 272 g/mol. The van der Waals surface area contributed by atoms with Gasteiger partial charge >= 0.3 is 0 Å². The van der Waals surface area contributed by atoms with E-state index in [-0.39, 0.29) is 0 Å². The Hall–Kier alpha value is -1.42. The highest BCUT2D eigenvalue weighted by molar-refractivity contribution is 6.31. The van der Waals surface area contributed by atoms with E-state index in [2.05, 4.69) is 9.88 Å². The number of nitrogens with zero attached hydrogens (tertiary/aromatic N) is 2. The van der Waals surface area contributed by atoms with Crippen molar-refractivity contribution in [1.82, 2.24) is 9.88 Å². The first-order valence-electron chi connectivity index (χ1n) is 6.67. The molecule has 0 saturated carbocycles. The number of aliphatic hydroxyl groups excluding tert-OH is 1. The van der Waals surface area contributed by atoms with Gasteiger partial charge in [0.1, 0.15) is 0 Å². The van der Waals surface area contributed by atoms with Gasteiger partial charge in [0.2, 0.25) is 0 Å². The smallest absolute Gasteiger partial charge is 0.0816 e. The molecule has 2 rings (SSSR count). The van der Waals surface area contributed by atoms with E-state index >= 15 is 0 Å². The fraction of sp³-hybridized carbons (Fsp3) is 0.312. The average molecular weight is 291 g/mol. The van der Waals surface area contributed by atoms with Crippen LogP contribution in [0.4, 0.5) is 0 Å². The van der Waals surface area contributed by atoms with Crippen molar-refractivity contribution in [2.24, 2.45) is 0 Å². The van der Waals surface area contributed by atoms with Crippen molar-refractivity contribution < 1.29 is 5.11 Å². The Morgan fingerprint density at radius 2 is 2.05 bits per heavy atom. The Balaban J connectivity index is 1.84. The Morgan fingerprint density at radius 1 is 1.25 bits per heavy atom. The molecule has 4 heteroatoms. The molecule has 1 aromatic heterocycles. The van der Waals surface area contributed by atoms with Gasteiger partial charge in [-0.3, -0.25) is 4.98 Å². The Labute approximate surface area is 124 Å². The van der Waals surface area contributed by atoms with Crippen LogP contribution in [0.25, 0.3) is 0 Å². The highest BCUT2D eigenvalue weighted by Crippen LogP contribution is 2.24. The normalized spacial score (nSPS) is 12.6. The van der Waals surface area contributed by atoms with E-state index in [1.54, 1.807) is 12.3 Å². The largest absolute Gasteiger partial charge is 0.388 e. The highest BCUT2D eigenvalue weighted by atomic mass is 35.5. The molecule has 0 fully saturated rings. The molecule has 3 nitrogen and oxygen atoms in total. The second-order valence-electron chi connectivity index (χ2n) is 4.93. The maximum absolute atomic E-state index is 10.2. The van der Waals surface area contributed by atoms with Gasteiger partial charge in [-0.25, -0.2) is 0 Å². The second-order valence-corrected chi connectivity index (χ2v) is 5.33. The van der Waals surface area contributed by atoms with Crippen molar-refractivity contribution in [1.29, 1.82) is 0 Å². The van der Waals surface area contributed by atoms with E-state index < -0.39 is 6.10 Å². The molecule has 0 aliphatic carbocycles. The van der Waals surface area contributed by atoms with Gasteiger partial charge in [0.15, 0.2) is 0 Å². The van der Waals surface area contributed by atoms with E-state index in [9.17, 15) is 5.11 Å². The number of pyridine rings is 1. The van der Waals surface area contributed by atoms with E-state index in [1.807, 2.05) is 43.6 Å². The zero-order valence-corrected chi connectivity index (χ0v) is 12.3. The van der Waals surface area contributed by atoms with Crippen molar-refractivity contribution >= 4 is 11.6 Å². The van der Waals surface area contributed by atoms with E-state index in [4.69, 9.17) is 11.6 Å². The summed E-state index contributed by atoms with van der Waals surface area (Å²) in [4.78, 5) is 6.26. The molecule has 0 saturated heterocycles. The second kappa shape index (κ2) is 7.39. The molecule has 0 radical (unpaired) electrons. The molecule has 0 aliphatic heterocycles. The molecule has 1 heterocycles. The van der Waals surface area contributed by atoms with Crippen LogP contribution in [0.3, 0.4) is 0 Å². The first kappa shape index (κ1) is 15.0. The number of aromatic nitrogens is 1. The van der Waals surface area contributed by atoms with Gasteiger partial charge in [-0.2, -0.15) is 0 Å². The summed E-state index contributed by atoms with van der Waals surface area (Å²) in [5, 5.41) is 10.8. The third kappa shape index (κ3) is 4.30. The van der Waals surface area contributed by atoms with Gasteiger partial charge in [0, 0.05) is 30.5 Å². The van der Waals surface area contributed by atoms with E-state index in [1.165, 1.54) is 5.56 Å². The van der Waals surface area contributed by atoms with Gasteiger partial charge in [0.05, 0.1) is 6.10 Å². The van der Waals surface area contributed by atoms with Crippen molar-refractivity contribution in [2.45, 2.75) is 19.1 Å². The maximum atomic E-state index is 10.2. The van der Waals surface area contributed by atoms with Crippen molar-refractivity contribution in [2.75, 3.05) is 13.6 Å². The quantitative estimate of drug-likeness (QED) is 0.887. The first-order chi connectivity index (χ1) is 9.66. The van der Waals surface area contributed by atoms with Gasteiger partial charge in [0.25, 0.3) is 0 Å².